The minimum absolute atomic E-state index is 0.144. The van der Waals surface area contributed by atoms with Gasteiger partial charge in [0.1, 0.15) is 5.54 Å². The van der Waals surface area contributed by atoms with Crippen LogP contribution in [0.25, 0.3) is 10.8 Å². The minimum Gasteiger partial charge on any atom is -0.383 e. The topological polar surface area (TPSA) is 89.3 Å². The summed E-state index contributed by atoms with van der Waals surface area (Å²) in [6.07, 6.45) is -1.37. The van der Waals surface area contributed by atoms with E-state index in [1.165, 1.54) is 17.0 Å². The number of imide groups is 1. The zero-order valence-electron chi connectivity index (χ0n) is 18.3. The number of nitriles is 1. The van der Waals surface area contributed by atoms with Gasteiger partial charge < -0.3 is 10.2 Å². The maximum absolute atomic E-state index is 13.4. The highest BCUT2D eigenvalue weighted by molar-refractivity contribution is 6.23. The first kappa shape index (κ1) is 23.0. The molecule has 0 unspecified atom stereocenters. The molecule has 7 nitrogen and oxygen atoms in total. The average Bonchev–Trinajstić information content (AvgIpc) is 2.97. The van der Waals surface area contributed by atoms with Crippen molar-refractivity contribution in [2.45, 2.75) is 25.6 Å². The van der Waals surface area contributed by atoms with Crippen molar-refractivity contribution in [3.8, 4) is 6.07 Å². The van der Waals surface area contributed by atoms with Crippen molar-refractivity contribution >= 4 is 34.1 Å². The van der Waals surface area contributed by atoms with Crippen molar-refractivity contribution in [2.75, 3.05) is 23.3 Å². The lowest BCUT2D eigenvalue weighted by atomic mass is 10.0. The summed E-state index contributed by atoms with van der Waals surface area (Å²) < 4.78 is 40.2. The quantitative estimate of drug-likeness (QED) is 0.546. The highest BCUT2D eigenvalue weighted by Gasteiger charge is 2.52. The van der Waals surface area contributed by atoms with E-state index in [9.17, 15) is 22.8 Å². The third kappa shape index (κ3) is 4.01. The van der Waals surface area contributed by atoms with Crippen LogP contribution in [0.3, 0.4) is 0 Å². The molecule has 0 spiro atoms. The molecule has 34 heavy (non-hydrogen) atoms. The fourth-order valence-electron chi connectivity index (χ4n) is 3.95. The first-order valence-corrected chi connectivity index (χ1v) is 10.4. The molecule has 4 rings (SSSR count). The first-order chi connectivity index (χ1) is 16.0. The first-order valence-electron chi connectivity index (χ1n) is 10.4. The summed E-state index contributed by atoms with van der Waals surface area (Å²) in [5.74, 6) is -0.645. The number of pyridine rings is 1. The third-order valence-corrected chi connectivity index (χ3v) is 5.82. The molecule has 1 saturated heterocycles. The Hall–Kier alpha value is -4.13. The number of carbonyl (C=O) groups excluding carboxylic acids is 2. The van der Waals surface area contributed by atoms with Gasteiger partial charge in [0.2, 0.25) is 0 Å². The molecule has 0 radical (unpaired) electrons. The second-order valence-electron chi connectivity index (χ2n) is 8.34. The van der Waals surface area contributed by atoms with E-state index in [1.54, 1.807) is 26.2 Å². The SMILES string of the molecule is CC1(C)C(=O)N(c2ccc(C#N)c(C(F)(F)F)c2)C(=O)N1CCNc1ccc2cnccc2c1. The van der Waals surface area contributed by atoms with E-state index < -0.39 is 34.8 Å². The number of fused-ring (bicyclic) bond motifs is 1. The van der Waals surface area contributed by atoms with Crippen LogP contribution in [0, 0.1) is 11.3 Å². The third-order valence-electron chi connectivity index (χ3n) is 5.82. The van der Waals surface area contributed by atoms with E-state index in [1.807, 2.05) is 24.3 Å². The molecule has 1 aromatic heterocycles. The van der Waals surface area contributed by atoms with Gasteiger partial charge in [-0.3, -0.25) is 9.78 Å². The molecule has 1 aliphatic heterocycles. The number of hydrogen-bond acceptors (Lipinski definition) is 5. The molecule has 174 valence electrons. The highest BCUT2D eigenvalue weighted by Crippen LogP contribution is 2.37. The second kappa shape index (κ2) is 8.33. The molecule has 2 aromatic carbocycles. The molecule has 0 bridgehead atoms. The van der Waals surface area contributed by atoms with Crippen LogP contribution in [0.15, 0.2) is 54.9 Å². The fraction of sp³-hybridized carbons (Fsp3) is 0.250. The molecule has 3 aromatic rings. The Kier molecular flexibility index (Phi) is 5.65. The number of hydrogen-bond donors (Lipinski definition) is 1. The maximum atomic E-state index is 13.4. The lowest BCUT2D eigenvalue weighted by molar-refractivity contribution is -0.137. The summed E-state index contributed by atoms with van der Waals surface area (Å²) in [7, 11) is 0. The van der Waals surface area contributed by atoms with E-state index >= 15 is 0 Å². The predicted octanol–water partition coefficient (Wildman–Crippen LogP) is 4.78. The number of nitrogens with zero attached hydrogens (tertiary/aromatic N) is 4. The number of aromatic nitrogens is 1. The van der Waals surface area contributed by atoms with Crippen molar-refractivity contribution in [1.82, 2.24) is 9.88 Å². The molecular weight excluding hydrogens is 447 g/mol. The molecule has 2 heterocycles. The van der Waals surface area contributed by atoms with Crippen LogP contribution in [0.5, 0.6) is 0 Å². The summed E-state index contributed by atoms with van der Waals surface area (Å²) in [4.78, 5) is 32.3. The van der Waals surface area contributed by atoms with Gasteiger partial charge in [0.05, 0.1) is 22.9 Å². The summed E-state index contributed by atoms with van der Waals surface area (Å²) in [6.45, 7) is 3.55. The van der Waals surface area contributed by atoms with Gasteiger partial charge in [-0.05, 0) is 55.6 Å². The Labute approximate surface area is 193 Å². The largest absolute Gasteiger partial charge is 0.417 e. The number of urea groups is 1. The summed E-state index contributed by atoms with van der Waals surface area (Å²) in [5.41, 5.74) is -2.46. The van der Waals surface area contributed by atoms with Gasteiger partial charge in [-0.25, -0.2) is 9.69 Å². The van der Waals surface area contributed by atoms with Gasteiger partial charge in [0.15, 0.2) is 0 Å². The van der Waals surface area contributed by atoms with Crippen LogP contribution in [0.4, 0.5) is 29.3 Å². The van der Waals surface area contributed by atoms with Gasteiger partial charge in [-0.15, -0.1) is 0 Å². The minimum atomic E-state index is -4.80. The van der Waals surface area contributed by atoms with Crippen LogP contribution in [0.1, 0.15) is 25.0 Å². The molecule has 0 aliphatic carbocycles. The number of anilines is 2. The van der Waals surface area contributed by atoms with Gasteiger partial charge in [-0.2, -0.15) is 18.4 Å². The summed E-state index contributed by atoms with van der Waals surface area (Å²) in [5, 5.41) is 14.2. The van der Waals surface area contributed by atoms with Crippen molar-refractivity contribution in [3.63, 3.8) is 0 Å². The highest BCUT2D eigenvalue weighted by atomic mass is 19.4. The average molecular weight is 467 g/mol. The zero-order chi connectivity index (χ0) is 24.7. The van der Waals surface area contributed by atoms with Crippen LogP contribution in [-0.2, 0) is 11.0 Å². The molecule has 1 fully saturated rings. The fourth-order valence-corrected chi connectivity index (χ4v) is 3.95. The molecule has 0 atom stereocenters. The number of rotatable bonds is 5. The Morgan fingerprint density at radius 3 is 2.56 bits per heavy atom. The Morgan fingerprint density at radius 1 is 1.09 bits per heavy atom. The van der Waals surface area contributed by atoms with Crippen LogP contribution in [-0.4, -0.2) is 40.5 Å². The monoisotopic (exact) mass is 467 g/mol. The summed E-state index contributed by atoms with van der Waals surface area (Å²) in [6, 6.07) is 11.1. The van der Waals surface area contributed by atoms with Gasteiger partial charge >= 0.3 is 12.2 Å². The van der Waals surface area contributed by atoms with Crippen LogP contribution >= 0.6 is 0 Å². The van der Waals surface area contributed by atoms with Gasteiger partial charge in [0, 0.05) is 36.6 Å². The van der Waals surface area contributed by atoms with Crippen molar-refractivity contribution < 1.29 is 22.8 Å². The number of carbonyl (C=O) groups is 2. The van der Waals surface area contributed by atoms with Crippen molar-refractivity contribution in [1.29, 1.82) is 5.26 Å². The van der Waals surface area contributed by atoms with E-state index in [2.05, 4.69) is 10.3 Å². The van der Waals surface area contributed by atoms with E-state index in [-0.39, 0.29) is 12.2 Å². The lowest BCUT2D eigenvalue weighted by Crippen LogP contribution is -2.46. The number of benzene rings is 2. The molecule has 1 N–H and O–H groups in total. The molecule has 1 aliphatic rings. The number of halogens is 3. The molecule has 3 amide bonds. The Bertz CT molecular complexity index is 1330. The number of alkyl halides is 3. The molecular formula is C24H20F3N5O2. The van der Waals surface area contributed by atoms with E-state index in [0.717, 1.165) is 27.4 Å². The zero-order valence-corrected chi connectivity index (χ0v) is 18.3. The molecule has 0 saturated carbocycles. The normalized spacial score (nSPS) is 15.6. The Morgan fingerprint density at radius 2 is 1.85 bits per heavy atom. The smallest absolute Gasteiger partial charge is 0.383 e. The predicted molar refractivity (Wildman–Crippen MR) is 120 cm³/mol. The Balaban J connectivity index is 1.54. The lowest BCUT2D eigenvalue weighted by Gasteiger charge is -2.27. The maximum Gasteiger partial charge on any atom is 0.417 e. The second-order valence-corrected chi connectivity index (χ2v) is 8.34. The van der Waals surface area contributed by atoms with E-state index in [0.29, 0.717) is 12.6 Å². The summed E-state index contributed by atoms with van der Waals surface area (Å²) >= 11 is 0. The number of amides is 3. The standard InChI is InChI=1S/C24H20F3N5O2/c1-23(2)21(33)32(19-6-4-16(13-28)20(12-19)24(25,26)27)22(34)31(23)10-9-30-18-5-3-17-14-29-8-7-15(17)11-18/h3-8,11-12,14,30H,9-10H2,1-2H3. The van der Waals surface area contributed by atoms with Gasteiger partial charge in [0.25, 0.3) is 5.91 Å². The van der Waals surface area contributed by atoms with E-state index in [4.69, 9.17) is 5.26 Å². The van der Waals surface area contributed by atoms with Gasteiger partial charge in [-0.1, -0.05) is 6.07 Å². The molecule has 10 heteroatoms. The van der Waals surface area contributed by atoms with Crippen molar-refractivity contribution in [3.05, 3.63) is 66.0 Å². The van der Waals surface area contributed by atoms with Crippen LogP contribution < -0.4 is 10.2 Å². The number of nitrogens with one attached hydrogen (secondary N) is 1. The van der Waals surface area contributed by atoms with Crippen molar-refractivity contribution in [2.24, 2.45) is 0 Å². The van der Waals surface area contributed by atoms with Crippen LogP contribution in [0.2, 0.25) is 0 Å².